The van der Waals surface area contributed by atoms with Crippen LogP contribution in [-0.4, -0.2) is 15.9 Å². The Kier molecular flexibility index (Phi) is 3.82. The number of hydrogen-bond acceptors (Lipinski definition) is 2. The summed E-state index contributed by atoms with van der Waals surface area (Å²) in [5.74, 6) is 0.689. The van der Waals surface area contributed by atoms with Gasteiger partial charge in [0.2, 0.25) is 0 Å². The number of halogens is 2. The van der Waals surface area contributed by atoms with E-state index in [1.54, 1.807) is 6.07 Å². The number of H-pyrrole nitrogens is 1. The van der Waals surface area contributed by atoms with E-state index in [1.165, 1.54) is 0 Å². The number of anilines is 1. The largest absolute Gasteiger partial charge is 0.342 e. The normalized spacial score (nSPS) is 10.8. The number of carbonyl (C=O) groups is 1. The van der Waals surface area contributed by atoms with E-state index in [1.807, 2.05) is 37.3 Å². The molecule has 0 radical (unpaired) electrons. The number of hydrogen-bond donors (Lipinski definition) is 2. The fourth-order valence-electron chi connectivity index (χ4n) is 2.09. The Morgan fingerprint density at radius 1 is 1.19 bits per heavy atom. The Labute approximate surface area is 138 Å². The van der Waals surface area contributed by atoms with Crippen LogP contribution in [0.1, 0.15) is 16.2 Å². The van der Waals surface area contributed by atoms with Crippen molar-refractivity contribution in [1.29, 1.82) is 0 Å². The molecule has 21 heavy (non-hydrogen) atoms. The average molecular weight is 409 g/mol. The minimum Gasteiger partial charge on any atom is -0.342 e. The highest BCUT2D eigenvalue weighted by Gasteiger charge is 2.11. The zero-order valence-corrected chi connectivity index (χ0v) is 14.2. The molecule has 0 fully saturated rings. The van der Waals surface area contributed by atoms with Crippen LogP contribution in [0.15, 0.2) is 45.3 Å². The number of nitrogens with one attached hydrogen (secondary N) is 2. The molecule has 2 N–H and O–H groups in total. The molecule has 0 unspecified atom stereocenters. The Morgan fingerprint density at radius 2 is 2.00 bits per heavy atom. The molecule has 1 aromatic heterocycles. The predicted molar refractivity (Wildman–Crippen MR) is 90.6 cm³/mol. The molecule has 6 heteroatoms. The molecule has 0 bridgehead atoms. The van der Waals surface area contributed by atoms with Gasteiger partial charge in [-0.2, -0.15) is 0 Å². The van der Waals surface area contributed by atoms with Crippen LogP contribution in [0.4, 0.5) is 5.69 Å². The maximum absolute atomic E-state index is 12.3. The average Bonchev–Trinajstić information content (AvgIpc) is 2.77. The molecule has 0 aliphatic rings. The zero-order valence-electron chi connectivity index (χ0n) is 11.1. The van der Waals surface area contributed by atoms with Crippen molar-refractivity contribution in [2.45, 2.75) is 6.92 Å². The summed E-state index contributed by atoms with van der Waals surface area (Å²) in [6.45, 7) is 1.90. The number of rotatable bonds is 2. The van der Waals surface area contributed by atoms with Gasteiger partial charge in [0, 0.05) is 14.6 Å². The van der Waals surface area contributed by atoms with Crippen LogP contribution in [0.25, 0.3) is 11.0 Å². The molecule has 0 spiro atoms. The number of amides is 1. The van der Waals surface area contributed by atoms with Gasteiger partial charge in [-0.25, -0.2) is 4.98 Å². The monoisotopic (exact) mass is 407 g/mol. The summed E-state index contributed by atoms with van der Waals surface area (Å²) in [5, 5.41) is 2.89. The molecule has 3 rings (SSSR count). The van der Waals surface area contributed by atoms with Crippen molar-refractivity contribution in [3.05, 3.63) is 56.7 Å². The first-order chi connectivity index (χ1) is 10.0. The van der Waals surface area contributed by atoms with Crippen LogP contribution in [-0.2, 0) is 0 Å². The van der Waals surface area contributed by atoms with Crippen LogP contribution in [0.3, 0.4) is 0 Å². The van der Waals surface area contributed by atoms with Gasteiger partial charge >= 0.3 is 0 Å². The summed E-state index contributed by atoms with van der Waals surface area (Å²) in [6, 6.07) is 11.0. The maximum Gasteiger partial charge on any atom is 0.256 e. The van der Waals surface area contributed by atoms with Crippen molar-refractivity contribution in [1.82, 2.24) is 9.97 Å². The lowest BCUT2D eigenvalue weighted by molar-refractivity contribution is 0.102. The van der Waals surface area contributed by atoms with Crippen LogP contribution < -0.4 is 5.32 Å². The third kappa shape index (κ3) is 3.01. The highest BCUT2D eigenvalue weighted by molar-refractivity contribution is 9.11. The van der Waals surface area contributed by atoms with Crippen LogP contribution >= 0.6 is 31.9 Å². The second-order valence-corrected chi connectivity index (χ2v) is 6.40. The number of aryl methyl sites for hydroxylation is 1. The first kappa shape index (κ1) is 14.3. The summed E-state index contributed by atoms with van der Waals surface area (Å²) in [5.41, 5.74) is 3.10. The Hall–Kier alpha value is -1.66. The van der Waals surface area contributed by atoms with Gasteiger partial charge in [0.25, 0.3) is 5.91 Å². The second-order valence-electron chi connectivity index (χ2n) is 4.63. The fraction of sp³-hybridized carbons (Fsp3) is 0.0667. The summed E-state index contributed by atoms with van der Waals surface area (Å²) < 4.78 is 1.66. The molecular weight excluding hydrogens is 398 g/mol. The first-order valence-corrected chi connectivity index (χ1v) is 7.84. The van der Waals surface area contributed by atoms with Crippen LogP contribution in [0, 0.1) is 6.92 Å². The molecular formula is C15H11Br2N3O. The summed E-state index contributed by atoms with van der Waals surface area (Å²) >= 11 is 6.77. The number of benzene rings is 2. The molecule has 2 aromatic carbocycles. The van der Waals surface area contributed by atoms with Gasteiger partial charge in [0.15, 0.2) is 0 Å². The predicted octanol–water partition coefficient (Wildman–Crippen LogP) is 4.65. The van der Waals surface area contributed by atoms with E-state index in [9.17, 15) is 4.79 Å². The molecule has 1 heterocycles. The second kappa shape index (κ2) is 5.61. The number of nitrogens with zero attached hydrogens (tertiary/aromatic N) is 1. The van der Waals surface area contributed by atoms with Crippen molar-refractivity contribution in [2.75, 3.05) is 5.32 Å². The lowest BCUT2D eigenvalue weighted by Crippen LogP contribution is -2.12. The van der Waals surface area contributed by atoms with Crippen molar-refractivity contribution < 1.29 is 4.79 Å². The summed E-state index contributed by atoms with van der Waals surface area (Å²) in [7, 11) is 0. The van der Waals surface area contributed by atoms with Crippen LogP contribution in [0.2, 0.25) is 0 Å². The van der Waals surface area contributed by atoms with Gasteiger partial charge in [0.05, 0.1) is 16.6 Å². The first-order valence-electron chi connectivity index (χ1n) is 6.26. The van der Waals surface area contributed by atoms with E-state index in [0.717, 1.165) is 31.5 Å². The molecule has 0 saturated carbocycles. The Bertz CT molecular complexity index is 842. The molecule has 0 aliphatic carbocycles. The molecule has 3 aromatic rings. The number of fused-ring (bicyclic) bond motifs is 1. The molecule has 1 amide bonds. The van der Waals surface area contributed by atoms with Crippen molar-refractivity contribution >= 4 is 54.5 Å². The minimum atomic E-state index is -0.162. The van der Waals surface area contributed by atoms with E-state index < -0.39 is 0 Å². The van der Waals surface area contributed by atoms with E-state index in [0.29, 0.717) is 5.56 Å². The number of aromatic nitrogens is 2. The molecule has 0 aliphatic heterocycles. The Balaban J connectivity index is 1.88. The number of imidazole rings is 1. The molecule has 0 saturated heterocycles. The highest BCUT2D eigenvalue weighted by Crippen LogP contribution is 2.23. The highest BCUT2D eigenvalue weighted by atomic mass is 79.9. The van der Waals surface area contributed by atoms with Gasteiger partial charge in [-0.1, -0.05) is 15.9 Å². The van der Waals surface area contributed by atoms with Gasteiger partial charge in [0.1, 0.15) is 5.82 Å². The smallest absolute Gasteiger partial charge is 0.256 e. The standard InChI is InChI=1S/C15H11Br2N3O/c1-8-18-13-5-3-10(7-14(13)19-8)20-15(21)11-4-2-9(16)6-12(11)17/h2-7H,1H3,(H,18,19)(H,20,21). The van der Waals surface area contributed by atoms with Gasteiger partial charge in [-0.15, -0.1) is 0 Å². The lowest BCUT2D eigenvalue weighted by Gasteiger charge is -2.07. The van der Waals surface area contributed by atoms with Crippen LogP contribution in [0.5, 0.6) is 0 Å². The fourth-order valence-corrected chi connectivity index (χ4v) is 3.31. The maximum atomic E-state index is 12.3. The van der Waals surface area contributed by atoms with E-state index in [2.05, 4.69) is 47.1 Å². The SMILES string of the molecule is Cc1nc2ccc(NC(=O)c3ccc(Br)cc3Br)cc2[nH]1. The summed E-state index contributed by atoms with van der Waals surface area (Å²) in [4.78, 5) is 19.8. The van der Waals surface area contributed by atoms with Crippen molar-refractivity contribution in [3.8, 4) is 0 Å². The summed E-state index contributed by atoms with van der Waals surface area (Å²) in [6.07, 6.45) is 0. The zero-order chi connectivity index (χ0) is 15.0. The van der Waals surface area contributed by atoms with Gasteiger partial charge in [-0.05, 0) is 59.3 Å². The topological polar surface area (TPSA) is 57.8 Å². The van der Waals surface area contributed by atoms with E-state index in [4.69, 9.17) is 0 Å². The third-order valence-electron chi connectivity index (χ3n) is 3.03. The number of aromatic amines is 1. The quantitative estimate of drug-likeness (QED) is 0.648. The number of carbonyl (C=O) groups excluding carboxylic acids is 1. The molecule has 106 valence electrons. The molecule has 4 nitrogen and oxygen atoms in total. The minimum absolute atomic E-state index is 0.162. The van der Waals surface area contributed by atoms with E-state index in [-0.39, 0.29) is 5.91 Å². The van der Waals surface area contributed by atoms with Crippen molar-refractivity contribution in [2.24, 2.45) is 0 Å². The van der Waals surface area contributed by atoms with Gasteiger partial charge in [-0.3, -0.25) is 4.79 Å². The lowest BCUT2D eigenvalue weighted by atomic mass is 10.2. The molecule has 0 atom stereocenters. The Morgan fingerprint density at radius 3 is 2.76 bits per heavy atom. The van der Waals surface area contributed by atoms with Crippen molar-refractivity contribution in [3.63, 3.8) is 0 Å². The van der Waals surface area contributed by atoms with Gasteiger partial charge < -0.3 is 10.3 Å². The van der Waals surface area contributed by atoms with E-state index >= 15 is 0 Å². The third-order valence-corrected chi connectivity index (χ3v) is 4.18.